The summed E-state index contributed by atoms with van der Waals surface area (Å²) in [5.74, 6) is 0.594. The highest BCUT2D eigenvalue weighted by atomic mass is 79.9. The van der Waals surface area contributed by atoms with E-state index >= 15 is 0 Å². The Morgan fingerprint density at radius 3 is 2.38 bits per heavy atom. The van der Waals surface area contributed by atoms with Crippen LogP contribution in [0, 0.1) is 0 Å². The van der Waals surface area contributed by atoms with Crippen molar-refractivity contribution in [2.75, 3.05) is 4.72 Å². The predicted molar refractivity (Wildman–Crippen MR) is 85.7 cm³/mol. The Labute approximate surface area is 133 Å². The molecule has 0 spiro atoms. The summed E-state index contributed by atoms with van der Waals surface area (Å²) in [5, 5.41) is 0. The maximum atomic E-state index is 12.2. The van der Waals surface area contributed by atoms with Crippen molar-refractivity contribution in [1.82, 2.24) is 9.97 Å². The zero-order valence-electron chi connectivity index (χ0n) is 11.7. The number of rotatable bonds is 5. The van der Waals surface area contributed by atoms with Gasteiger partial charge in [0.15, 0.2) is 5.82 Å². The topological polar surface area (TPSA) is 72.0 Å². The second kappa shape index (κ2) is 6.53. The van der Waals surface area contributed by atoms with E-state index in [1.165, 1.54) is 12.4 Å². The number of hydrogen-bond donors (Lipinski definition) is 1. The van der Waals surface area contributed by atoms with Crippen LogP contribution in [-0.4, -0.2) is 18.4 Å². The van der Waals surface area contributed by atoms with Crippen molar-refractivity contribution in [3.63, 3.8) is 0 Å². The van der Waals surface area contributed by atoms with Crippen molar-refractivity contribution >= 4 is 31.8 Å². The summed E-state index contributed by atoms with van der Waals surface area (Å²) >= 11 is 3.15. The predicted octanol–water partition coefficient (Wildman–Crippen LogP) is 3.55. The molecule has 5 nitrogen and oxygen atoms in total. The highest BCUT2D eigenvalue weighted by Crippen LogP contribution is 2.21. The molecule has 0 saturated carbocycles. The Bertz CT molecular complexity index is 700. The van der Waals surface area contributed by atoms with Gasteiger partial charge in [-0.2, -0.15) is 0 Å². The zero-order valence-corrected chi connectivity index (χ0v) is 14.1. The Kier molecular flexibility index (Phi) is 4.95. The molecule has 1 atom stereocenters. The smallest absolute Gasteiger partial charge is 0.262 e. The van der Waals surface area contributed by atoms with E-state index < -0.39 is 10.0 Å². The first-order valence-corrected chi connectivity index (χ1v) is 8.80. The number of anilines is 1. The van der Waals surface area contributed by atoms with Gasteiger partial charge in [-0.3, -0.25) is 4.72 Å². The summed E-state index contributed by atoms with van der Waals surface area (Å²) in [7, 11) is -3.64. The van der Waals surface area contributed by atoms with Gasteiger partial charge < -0.3 is 0 Å². The lowest BCUT2D eigenvalue weighted by atomic mass is 9.99. The molecule has 1 aromatic heterocycles. The highest BCUT2D eigenvalue weighted by Gasteiger charge is 2.15. The molecule has 0 aliphatic carbocycles. The molecule has 1 N–H and O–H groups in total. The van der Waals surface area contributed by atoms with Crippen molar-refractivity contribution in [2.45, 2.75) is 31.1 Å². The van der Waals surface area contributed by atoms with Gasteiger partial charge in [-0.15, -0.1) is 0 Å². The first-order chi connectivity index (χ1) is 9.92. The van der Waals surface area contributed by atoms with Crippen LogP contribution in [0.2, 0.25) is 0 Å². The molecular formula is C14H16BrN3O2S. The minimum atomic E-state index is -3.64. The van der Waals surface area contributed by atoms with E-state index in [4.69, 9.17) is 0 Å². The van der Waals surface area contributed by atoms with Crippen molar-refractivity contribution in [1.29, 1.82) is 0 Å². The third-order valence-corrected chi connectivity index (χ3v) is 5.01. The van der Waals surface area contributed by atoms with Crippen LogP contribution in [0.1, 0.15) is 31.7 Å². The van der Waals surface area contributed by atoms with Crippen LogP contribution >= 0.6 is 15.9 Å². The standard InChI is InChI=1S/C14H16BrN3O2S/c1-3-10(2)11-4-6-12(7-5-11)21(19,20)18-14-9-16-13(15)8-17-14/h4-10H,3H2,1-2H3,(H,17,18). The van der Waals surface area contributed by atoms with E-state index in [9.17, 15) is 8.42 Å². The Hall–Kier alpha value is -1.47. The van der Waals surface area contributed by atoms with Gasteiger partial charge in [0.2, 0.25) is 0 Å². The number of benzene rings is 1. The molecule has 1 unspecified atom stereocenters. The van der Waals surface area contributed by atoms with E-state index in [0.29, 0.717) is 10.5 Å². The maximum absolute atomic E-state index is 12.2. The van der Waals surface area contributed by atoms with Crippen LogP contribution in [0.3, 0.4) is 0 Å². The lowest BCUT2D eigenvalue weighted by molar-refractivity contribution is 0.601. The summed E-state index contributed by atoms with van der Waals surface area (Å²) in [6, 6.07) is 6.90. The first-order valence-electron chi connectivity index (χ1n) is 6.52. The van der Waals surface area contributed by atoms with Gasteiger partial charge in [0, 0.05) is 0 Å². The Morgan fingerprint density at radius 1 is 1.19 bits per heavy atom. The molecule has 21 heavy (non-hydrogen) atoms. The zero-order chi connectivity index (χ0) is 15.5. The molecule has 1 aromatic carbocycles. The van der Waals surface area contributed by atoms with Crippen LogP contribution in [0.4, 0.5) is 5.82 Å². The average Bonchev–Trinajstić information content (AvgIpc) is 2.49. The third kappa shape index (κ3) is 4.01. The molecule has 2 rings (SSSR count). The normalized spacial score (nSPS) is 12.9. The summed E-state index contributed by atoms with van der Waals surface area (Å²) in [6.45, 7) is 4.21. The molecule has 0 amide bonds. The second-order valence-corrected chi connectivity index (χ2v) is 7.20. The SMILES string of the molecule is CCC(C)c1ccc(S(=O)(=O)Nc2cnc(Br)cn2)cc1. The maximum Gasteiger partial charge on any atom is 0.263 e. The van der Waals surface area contributed by atoms with E-state index in [2.05, 4.69) is 44.5 Å². The monoisotopic (exact) mass is 369 g/mol. The van der Waals surface area contributed by atoms with Gasteiger partial charge in [-0.05, 0) is 46.0 Å². The number of nitrogens with one attached hydrogen (secondary N) is 1. The molecule has 0 aliphatic heterocycles. The van der Waals surface area contributed by atoms with Crippen LogP contribution < -0.4 is 4.72 Å². The van der Waals surface area contributed by atoms with Crippen LogP contribution in [-0.2, 0) is 10.0 Å². The number of nitrogens with zero attached hydrogens (tertiary/aromatic N) is 2. The van der Waals surface area contributed by atoms with Crippen LogP contribution in [0.15, 0.2) is 46.2 Å². The van der Waals surface area contributed by atoms with Crippen molar-refractivity contribution in [3.05, 3.63) is 46.8 Å². The molecule has 7 heteroatoms. The fraction of sp³-hybridized carbons (Fsp3) is 0.286. The summed E-state index contributed by atoms with van der Waals surface area (Å²) < 4.78 is 27.4. The summed E-state index contributed by atoms with van der Waals surface area (Å²) in [4.78, 5) is 8.09. The molecule has 0 bridgehead atoms. The molecule has 0 radical (unpaired) electrons. The minimum absolute atomic E-state index is 0.184. The Morgan fingerprint density at radius 2 is 1.86 bits per heavy atom. The molecule has 0 fully saturated rings. The molecule has 0 saturated heterocycles. The Balaban J connectivity index is 2.21. The average molecular weight is 370 g/mol. The summed E-state index contributed by atoms with van der Waals surface area (Å²) in [6.07, 6.45) is 3.80. The van der Waals surface area contributed by atoms with Gasteiger partial charge in [-0.1, -0.05) is 26.0 Å². The van der Waals surface area contributed by atoms with Gasteiger partial charge in [0.25, 0.3) is 10.0 Å². The van der Waals surface area contributed by atoms with E-state index in [0.717, 1.165) is 12.0 Å². The fourth-order valence-corrected chi connectivity index (χ4v) is 2.97. The summed E-state index contributed by atoms with van der Waals surface area (Å²) in [5.41, 5.74) is 1.12. The van der Waals surface area contributed by atoms with Crippen LogP contribution in [0.25, 0.3) is 0 Å². The van der Waals surface area contributed by atoms with Crippen molar-refractivity contribution in [2.24, 2.45) is 0 Å². The van der Waals surface area contributed by atoms with E-state index in [-0.39, 0.29) is 10.7 Å². The van der Waals surface area contributed by atoms with Gasteiger partial charge in [0.05, 0.1) is 17.3 Å². The number of aromatic nitrogens is 2. The van der Waals surface area contributed by atoms with Crippen molar-refractivity contribution in [3.8, 4) is 0 Å². The van der Waals surface area contributed by atoms with Crippen LogP contribution in [0.5, 0.6) is 0 Å². The van der Waals surface area contributed by atoms with Gasteiger partial charge in [-0.25, -0.2) is 18.4 Å². The molecule has 2 aromatic rings. The van der Waals surface area contributed by atoms with Gasteiger partial charge in [0.1, 0.15) is 4.60 Å². The minimum Gasteiger partial charge on any atom is -0.262 e. The van der Waals surface area contributed by atoms with Gasteiger partial charge >= 0.3 is 0 Å². The first kappa shape index (κ1) is 15.9. The third-order valence-electron chi connectivity index (χ3n) is 3.23. The van der Waals surface area contributed by atoms with E-state index in [1.807, 2.05) is 12.1 Å². The fourth-order valence-electron chi connectivity index (χ4n) is 1.77. The number of hydrogen-bond acceptors (Lipinski definition) is 4. The van der Waals surface area contributed by atoms with E-state index in [1.54, 1.807) is 12.1 Å². The number of halogens is 1. The molecular weight excluding hydrogens is 354 g/mol. The molecule has 112 valence electrons. The lowest BCUT2D eigenvalue weighted by Crippen LogP contribution is -2.14. The molecule has 1 heterocycles. The van der Waals surface area contributed by atoms with Crippen molar-refractivity contribution < 1.29 is 8.42 Å². The quantitative estimate of drug-likeness (QED) is 0.874. The largest absolute Gasteiger partial charge is 0.263 e. The second-order valence-electron chi connectivity index (χ2n) is 4.71. The lowest BCUT2D eigenvalue weighted by Gasteiger charge is -2.11. The highest BCUT2D eigenvalue weighted by molar-refractivity contribution is 9.10. The molecule has 0 aliphatic rings. The number of sulfonamides is 1.